The largest absolute Gasteiger partial charge is 0.501 e. The number of aliphatic hydroxyl groups is 2. The normalized spacial score (nSPS) is 24.4. The highest BCUT2D eigenvalue weighted by Crippen LogP contribution is 2.21. The second kappa shape index (κ2) is 5.86. The van der Waals surface area contributed by atoms with Gasteiger partial charge in [-0.2, -0.15) is 0 Å². The van der Waals surface area contributed by atoms with Crippen LogP contribution in [0.3, 0.4) is 0 Å². The lowest BCUT2D eigenvalue weighted by Crippen LogP contribution is -2.41. The van der Waals surface area contributed by atoms with Gasteiger partial charge in [0.1, 0.15) is 18.0 Å². The summed E-state index contributed by atoms with van der Waals surface area (Å²) in [7, 11) is 1.45. The molecule has 0 aromatic rings. The van der Waals surface area contributed by atoms with Gasteiger partial charge in [0.25, 0.3) is 0 Å². The van der Waals surface area contributed by atoms with E-state index in [0.29, 0.717) is 18.6 Å². The van der Waals surface area contributed by atoms with Crippen molar-refractivity contribution in [2.24, 2.45) is 0 Å². The average Bonchev–Trinajstić information content (AvgIpc) is 2.27. The Morgan fingerprint density at radius 1 is 1.62 bits per heavy atom. The van der Waals surface area contributed by atoms with Crippen LogP contribution in [0.4, 0.5) is 0 Å². The van der Waals surface area contributed by atoms with E-state index in [9.17, 15) is 15.0 Å². The molecule has 2 N–H and O–H groups in total. The summed E-state index contributed by atoms with van der Waals surface area (Å²) in [6, 6.07) is 0. The quantitative estimate of drug-likeness (QED) is 0.667. The maximum atomic E-state index is 11.2. The molecular weight excluding hydrogens is 212 g/mol. The van der Waals surface area contributed by atoms with Gasteiger partial charge in [-0.05, 0) is 6.42 Å². The summed E-state index contributed by atoms with van der Waals surface area (Å²) in [4.78, 5) is 11.2. The van der Waals surface area contributed by atoms with Crippen molar-refractivity contribution in [2.45, 2.75) is 44.5 Å². The molecule has 0 aromatic heterocycles. The minimum absolute atomic E-state index is 0.296. The fourth-order valence-corrected chi connectivity index (χ4v) is 1.66. The van der Waals surface area contributed by atoms with Gasteiger partial charge >= 0.3 is 5.97 Å². The second-order valence-corrected chi connectivity index (χ2v) is 3.84. The van der Waals surface area contributed by atoms with Crippen LogP contribution >= 0.6 is 0 Å². The lowest BCUT2D eigenvalue weighted by molar-refractivity contribution is -0.157. The highest BCUT2D eigenvalue weighted by atomic mass is 16.6. The average molecular weight is 230 g/mol. The number of esters is 1. The van der Waals surface area contributed by atoms with E-state index in [0.717, 1.165) is 6.42 Å². The minimum atomic E-state index is -1.07. The number of aliphatic hydroxyl groups excluding tert-OH is 2. The Bertz CT molecular complexity index is 274. The molecule has 0 unspecified atom stereocenters. The molecule has 0 amide bonds. The number of ether oxygens (including phenoxy) is 2. The van der Waals surface area contributed by atoms with E-state index in [1.54, 1.807) is 0 Å². The number of cyclic esters (lactones) is 1. The van der Waals surface area contributed by atoms with Crippen LogP contribution in [0.25, 0.3) is 0 Å². The van der Waals surface area contributed by atoms with Crippen LogP contribution < -0.4 is 0 Å². The molecule has 0 saturated carbocycles. The number of carbonyl (C=O) groups excluding carboxylic acids is 1. The molecule has 0 saturated heterocycles. The summed E-state index contributed by atoms with van der Waals surface area (Å²) in [6.07, 6.45) is 0.1000. The molecule has 0 bridgehead atoms. The van der Waals surface area contributed by atoms with Gasteiger partial charge in [0.15, 0.2) is 0 Å². The van der Waals surface area contributed by atoms with Crippen molar-refractivity contribution >= 4 is 5.97 Å². The van der Waals surface area contributed by atoms with Crippen LogP contribution in [-0.2, 0) is 14.3 Å². The van der Waals surface area contributed by atoms with Crippen molar-refractivity contribution in [3.63, 3.8) is 0 Å². The van der Waals surface area contributed by atoms with Gasteiger partial charge in [0.2, 0.25) is 0 Å². The van der Waals surface area contributed by atoms with E-state index < -0.39 is 24.3 Å². The van der Waals surface area contributed by atoms with Crippen LogP contribution in [0.1, 0.15) is 26.2 Å². The second-order valence-electron chi connectivity index (χ2n) is 3.84. The van der Waals surface area contributed by atoms with E-state index >= 15 is 0 Å². The van der Waals surface area contributed by atoms with Crippen LogP contribution in [0.5, 0.6) is 0 Å². The van der Waals surface area contributed by atoms with Crippen LogP contribution in [0, 0.1) is 0 Å². The van der Waals surface area contributed by atoms with Crippen LogP contribution in [-0.4, -0.2) is 41.6 Å². The molecule has 5 heteroatoms. The molecule has 1 heterocycles. The van der Waals surface area contributed by atoms with Gasteiger partial charge in [-0.15, -0.1) is 0 Å². The third-order valence-electron chi connectivity index (χ3n) is 2.57. The molecule has 1 aliphatic heterocycles. The zero-order chi connectivity index (χ0) is 12.1. The van der Waals surface area contributed by atoms with Crippen molar-refractivity contribution in [1.29, 1.82) is 0 Å². The van der Waals surface area contributed by atoms with Crippen molar-refractivity contribution in [1.82, 2.24) is 0 Å². The zero-order valence-corrected chi connectivity index (χ0v) is 9.55. The number of hydrogen-bond acceptors (Lipinski definition) is 5. The lowest BCUT2D eigenvalue weighted by Gasteiger charge is -2.29. The van der Waals surface area contributed by atoms with Gasteiger partial charge in [-0.3, -0.25) is 0 Å². The summed E-state index contributed by atoms with van der Waals surface area (Å²) in [5.74, 6) is -0.0835. The molecule has 5 nitrogen and oxygen atoms in total. The molecule has 0 radical (unpaired) electrons. The van der Waals surface area contributed by atoms with Gasteiger partial charge in [0, 0.05) is 6.42 Å². The predicted molar refractivity (Wildman–Crippen MR) is 56.5 cm³/mol. The predicted octanol–water partition coefficient (Wildman–Crippen LogP) is 0.354. The Hall–Kier alpha value is -1.07. The lowest BCUT2D eigenvalue weighted by atomic mass is 9.99. The van der Waals surface area contributed by atoms with Crippen LogP contribution in [0.2, 0.25) is 0 Å². The summed E-state index contributed by atoms with van der Waals surface area (Å²) < 4.78 is 9.89. The maximum Gasteiger partial charge on any atom is 0.334 e. The van der Waals surface area contributed by atoms with E-state index in [1.807, 2.05) is 6.92 Å². The van der Waals surface area contributed by atoms with Gasteiger partial charge in [-0.1, -0.05) is 13.3 Å². The van der Waals surface area contributed by atoms with Crippen molar-refractivity contribution in [3.8, 4) is 0 Å². The molecule has 0 aliphatic carbocycles. The van der Waals surface area contributed by atoms with Gasteiger partial charge in [-0.25, -0.2) is 4.79 Å². The van der Waals surface area contributed by atoms with E-state index in [4.69, 9.17) is 9.47 Å². The highest BCUT2D eigenvalue weighted by Gasteiger charge is 2.32. The first-order valence-corrected chi connectivity index (χ1v) is 5.39. The first-order valence-electron chi connectivity index (χ1n) is 5.39. The molecule has 0 aromatic carbocycles. The molecule has 0 fully saturated rings. The monoisotopic (exact) mass is 230 g/mol. The summed E-state index contributed by atoms with van der Waals surface area (Å²) in [5.41, 5.74) is 0. The Kier molecular flexibility index (Phi) is 4.76. The Morgan fingerprint density at radius 3 is 2.88 bits per heavy atom. The Labute approximate surface area is 94.7 Å². The first-order chi connectivity index (χ1) is 7.58. The smallest absolute Gasteiger partial charge is 0.334 e. The molecule has 3 atom stereocenters. The summed E-state index contributed by atoms with van der Waals surface area (Å²) in [6.45, 7) is 1.91. The minimum Gasteiger partial charge on any atom is -0.501 e. The van der Waals surface area contributed by atoms with E-state index in [1.165, 1.54) is 13.2 Å². The fourth-order valence-electron chi connectivity index (χ4n) is 1.66. The summed E-state index contributed by atoms with van der Waals surface area (Å²) in [5, 5.41) is 19.4. The number of methoxy groups -OCH3 is 1. The fraction of sp³-hybridized carbons (Fsp3) is 0.727. The molecule has 1 rings (SSSR count). The Morgan fingerprint density at radius 2 is 2.31 bits per heavy atom. The number of rotatable bonds is 5. The van der Waals surface area contributed by atoms with Gasteiger partial charge in [0.05, 0.1) is 19.3 Å². The zero-order valence-electron chi connectivity index (χ0n) is 9.55. The molecule has 0 spiro atoms. The molecule has 16 heavy (non-hydrogen) atoms. The van der Waals surface area contributed by atoms with E-state index in [2.05, 4.69) is 0 Å². The molecule has 1 aliphatic rings. The third-order valence-corrected chi connectivity index (χ3v) is 2.57. The molecular formula is C11H18O5. The highest BCUT2D eigenvalue weighted by molar-refractivity contribution is 5.83. The van der Waals surface area contributed by atoms with E-state index in [-0.39, 0.29) is 0 Å². The maximum absolute atomic E-state index is 11.2. The topological polar surface area (TPSA) is 76.0 Å². The summed E-state index contributed by atoms with van der Waals surface area (Å²) >= 11 is 0. The van der Waals surface area contributed by atoms with Gasteiger partial charge < -0.3 is 19.7 Å². The number of carbonyl (C=O) groups is 1. The number of hydrogen-bond donors (Lipinski definition) is 2. The Balaban J connectivity index is 2.61. The first kappa shape index (κ1) is 13.0. The molecule has 92 valence electrons. The van der Waals surface area contributed by atoms with Crippen molar-refractivity contribution in [2.75, 3.05) is 7.11 Å². The van der Waals surface area contributed by atoms with Crippen molar-refractivity contribution < 1.29 is 24.5 Å². The van der Waals surface area contributed by atoms with Crippen LogP contribution in [0.15, 0.2) is 11.8 Å². The standard InChI is InChI=1S/C11H18O5/c1-3-4-8(12)11(14)9-5-7(15-2)6-10(13)16-9/h6,8-9,11-12,14H,3-5H2,1-2H3/t8-,9-,11-/m0/s1. The third kappa shape index (κ3) is 3.21. The van der Waals surface area contributed by atoms with Crippen molar-refractivity contribution in [3.05, 3.63) is 11.8 Å². The SMILES string of the molecule is CCC[C@H](O)[C@H](O)[C@@H]1CC(OC)=CC(=O)O1.